The SMILES string of the molecule is CN(C)c1ccc(/C=C2\C(=O)NC(=O)N(c3cccc(Cl)c3)C2=O)cc1. The van der Waals surface area contributed by atoms with E-state index in [0.29, 0.717) is 16.3 Å². The van der Waals surface area contributed by atoms with Gasteiger partial charge in [0.15, 0.2) is 0 Å². The summed E-state index contributed by atoms with van der Waals surface area (Å²) in [5.74, 6) is -1.42. The van der Waals surface area contributed by atoms with Gasteiger partial charge in [-0.1, -0.05) is 29.8 Å². The van der Waals surface area contributed by atoms with Gasteiger partial charge in [-0.15, -0.1) is 0 Å². The van der Waals surface area contributed by atoms with Gasteiger partial charge in [-0.05, 0) is 42.0 Å². The Morgan fingerprint density at radius 3 is 2.35 bits per heavy atom. The number of barbiturate groups is 1. The van der Waals surface area contributed by atoms with Gasteiger partial charge in [0.25, 0.3) is 11.8 Å². The molecule has 1 N–H and O–H groups in total. The van der Waals surface area contributed by atoms with Gasteiger partial charge in [0.2, 0.25) is 0 Å². The number of urea groups is 1. The maximum atomic E-state index is 12.8. The van der Waals surface area contributed by atoms with Gasteiger partial charge in [0.05, 0.1) is 5.69 Å². The predicted molar refractivity (Wildman–Crippen MR) is 101 cm³/mol. The molecule has 1 saturated heterocycles. The van der Waals surface area contributed by atoms with Crippen LogP contribution in [-0.2, 0) is 9.59 Å². The second kappa shape index (κ2) is 7.01. The molecule has 0 atom stereocenters. The Kier molecular flexibility index (Phi) is 4.77. The standard InChI is InChI=1S/C19H16ClN3O3/c1-22(2)14-8-6-12(7-9-14)10-16-17(24)21-19(26)23(18(16)25)15-5-3-4-13(20)11-15/h3-11H,1-2H3,(H,21,24,26)/b16-10+. The number of nitrogens with one attached hydrogen (secondary N) is 1. The van der Waals surface area contributed by atoms with Gasteiger partial charge in [-0.2, -0.15) is 0 Å². The van der Waals surface area contributed by atoms with Crippen molar-refractivity contribution >= 4 is 46.9 Å². The first-order valence-corrected chi connectivity index (χ1v) is 8.19. The van der Waals surface area contributed by atoms with Crippen LogP contribution < -0.4 is 15.1 Å². The van der Waals surface area contributed by atoms with E-state index < -0.39 is 17.8 Å². The number of carbonyl (C=O) groups is 3. The first-order chi connectivity index (χ1) is 12.4. The van der Waals surface area contributed by atoms with Crippen molar-refractivity contribution in [2.75, 3.05) is 23.9 Å². The van der Waals surface area contributed by atoms with E-state index in [0.717, 1.165) is 10.6 Å². The molecule has 3 rings (SSSR count). The van der Waals surface area contributed by atoms with Crippen LogP contribution in [0.25, 0.3) is 6.08 Å². The summed E-state index contributed by atoms with van der Waals surface area (Å²) >= 11 is 5.94. The Labute approximate surface area is 155 Å². The zero-order chi connectivity index (χ0) is 18.8. The van der Waals surface area contributed by atoms with Crippen LogP contribution in [0, 0.1) is 0 Å². The molecule has 7 heteroatoms. The van der Waals surface area contributed by atoms with Crippen molar-refractivity contribution in [1.29, 1.82) is 0 Å². The largest absolute Gasteiger partial charge is 0.378 e. The molecule has 1 aliphatic heterocycles. The van der Waals surface area contributed by atoms with Crippen LogP contribution in [0.15, 0.2) is 54.1 Å². The molecule has 6 nitrogen and oxygen atoms in total. The summed E-state index contributed by atoms with van der Waals surface area (Å²) in [7, 11) is 3.83. The Balaban J connectivity index is 1.97. The maximum absolute atomic E-state index is 12.8. The van der Waals surface area contributed by atoms with Gasteiger partial charge in [-0.3, -0.25) is 14.9 Å². The minimum absolute atomic E-state index is 0.123. The number of rotatable bonds is 3. The zero-order valence-electron chi connectivity index (χ0n) is 14.2. The fourth-order valence-electron chi connectivity index (χ4n) is 2.54. The monoisotopic (exact) mass is 369 g/mol. The average Bonchev–Trinajstić information content (AvgIpc) is 2.59. The minimum atomic E-state index is -0.803. The van der Waals surface area contributed by atoms with E-state index in [1.54, 1.807) is 30.3 Å². The molecule has 1 fully saturated rings. The number of hydrogen-bond donors (Lipinski definition) is 1. The molecular weight excluding hydrogens is 354 g/mol. The van der Waals surface area contributed by atoms with Crippen molar-refractivity contribution in [3.8, 4) is 0 Å². The highest BCUT2D eigenvalue weighted by atomic mass is 35.5. The normalized spacial score (nSPS) is 16.0. The third-order valence-corrected chi connectivity index (χ3v) is 4.12. The quantitative estimate of drug-likeness (QED) is 0.666. The smallest absolute Gasteiger partial charge is 0.335 e. The van der Waals surface area contributed by atoms with E-state index in [1.807, 2.05) is 31.1 Å². The van der Waals surface area contributed by atoms with Crippen molar-refractivity contribution in [2.24, 2.45) is 0 Å². The molecule has 0 bridgehead atoms. The number of benzene rings is 2. The summed E-state index contributed by atoms with van der Waals surface area (Å²) in [5.41, 5.74) is 1.83. The lowest BCUT2D eigenvalue weighted by Crippen LogP contribution is -2.54. The molecule has 132 valence electrons. The fourth-order valence-corrected chi connectivity index (χ4v) is 2.73. The Bertz CT molecular complexity index is 920. The molecule has 26 heavy (non-hydrogen) atoms. The fraction of sp³-hybridized carbons (Fsp3) is 0.105. The molecule has 1 heterocycles. The highest BCUT2D eigenvalue weighted by Crippen LogP contribution is 2.24. The molecule has 0 unspecified atom stereocenters. The Morgan fingerprint density at radius 1 is 1.04 bits per heavy atom. The summed E-state index contributed by atoms with van der Waals surface area (Å²) in [6.45, 7) is 0. The summed E-state index contributed by atoms with van der Waals surface area (Å²) in [6, 6.07) is 12.8. The molecule has 0 saturated carbocycles. The van der Waals surface area contributed by atoms with Crippen LogP contribution in [-0.4, -0.2) is 31.9 Å². The third kappa shape index (κ3) is 3.45. The number of hydrogen-bond acceptors (Lipinski definition) is 4. The van der Waals surface area contributed by atoms with E-state index in [4.69, 9.17) is 11.6 Å². The second-order valence-corrected chi connectivity index (χ2v) is 6.36. The summed E-state index contributed by atoms with van der Waals surface area (Å²) in [6.07, 6.45) is 1.46. The van der Waals surface area contributed by atoms with Gasteiger partial charge >= 0.3 is 6.03 Å². The predicted octanol–water partition coefficient (Wildman–Crippen LogP) is 3.07. The zero-order valence-corrected chi connectivity index (χ0v) is 14.9. The van der Waals surface area contributed by atoms with Gasteiger partial charge < -0.3 is 4.90 Å². The van der Waals surface area contributed by atoms with E-state index in [9.17, 15) is 14.4 Å². The maximum Gasteiger partial charge on any atom is 0.335 e. The Morgan fingerprint density at radius 2 is 1.73 bits per heavy atom. The van der Waals surface area contributed by atoms with Crippen molar-refractivity contribution < 1.29 is 14.4 Å². The molecule has 0 aliphatic carbocycles. The number of carbonyl (C=O) groups excluding carboxylic acids is 3. The molecular formula is C19H16ClN3O3. The first kappa shape index (κ1) is 17.7. The van der Waals surface area contributed by atoms with Crippen molar-refractivity contribution in [2.45, 2.75) is 0 Å². The minimum Gasteiger partial charge on any atom is -0.378 e. The van der Waals surface area contributed by atoms with E-state index in [2.05, 4.69) is 5.32 Å². The molecule has 2 aromatic carbocycles. The second-order valence-electron chi connectivity index (χ2n) is 5.92. The molecule has 0 spiro atoms. The van der Waals surface area contributed by atoms with Gasteiger partial charge in [-0.25, -0.2) is 9.69 Å². The van der Waals surface area contributed by atoms with Gasteiger partial charge in [0.1, 0.15) is 5.57 Å². The molecule has 2 aromatic rings. The topological polar surface area (TPSA) is 69.7 Å². The highest BCUT2D eigenvalue weighted by Gasteiger charge is 2.36. The van der Waals surface area contributed by atoms with Crippen LogP contribution in [0.2, 0.25) is 5.02 Å². The van der Waals surface area contributed by atoms with Crippen LogP contribution in [0.5, 0.6) is 0 Å². The van der Waals surface area contributed by atoms with Gasteiger partial charge in [0, 0.05) is 24.8 Å². The highest BCUT2D eigenvalue weighted by molar-refractivity contribution is 6.39. The third-order valence-electron chi connectivity index (χ3n) is 3.89. The summed E-state index contributed by atoms with van der Waals surface area (Å²) in [4.78, 5) is 39.9. The van der Waals surface area contributed by atoms with Crippen LogP contribution in [0.1, 0.15) is 5.56 Å². The van der Waals surface area contributed by atoms with E-state index in [1.165, 1.54) is 12.1 Å². The lowest BCUT2D eigenvalue weighted by atomic mass is 10.1. The average molecular weight is 370 g/mol. The number of anilines is 2. The molecule has 1 aliphatic rings. The lowest BCUT2D eigenvalue weighted by molar-refractivity contribution is -0.122. The van der Waals surface area contributed by atoms with Crippen molar-refractivity contribution in [3.63, 3.8) is 0 Å². The van der Waals surface area contributed by atoms with Crippen LogP contribution >= 0.6 is 11.6 Å². The molecule has 0 radical (unpaired) electrons. The number of amides is 4. The molecule has 4 amide bonds. The van der Waals surface area contributed by atoms with Crippen molar-refractivity contribution in [3.05, 3.63) is 64.7 Å². The molecule has 0 aromatic heterocycles. The van der Waals surface area contributed by atoms with E-state index in [-0.39, 0.29) is 5.57 Å². The number of imide groups is 2. The lowest BCUT2D eigenvalue weighted by Gasteiger charge is -2.26. The summed E-state index contributed by atoms with van der Waals surface area (Å²) in [5, 5.41) is 2.56. The first-order valence-electron chi connectivity index (χ1n) is 7.81. The Hall–Kier alpha value is -3.12. The number of nitrogens with zero attached hydrogens (tertiary/aromatic N) is 2. The van der Waals surface area contributed by atoms with E-state index >= 15 is 0 Å². The van der Waals surface area contributed by atoms with Crippen LogP contribution in [0.4, 0.5) is 16.2 Å². The number of halogens is 1. The summed E-state index contributed by atoms with van der Waals surface area (Å²) < 4.78 is 0. The van der Waals surface area contributed by atoms with Crippen molar-refractivity contribution in [1.82, 2.24) is 5.32 Å². The van der Waals surface area contributed by atoms with Crippen LogP contribution in [0.3, 0.4) is 0 Å².